The van der Waals surface area contributed by atoms with Crippen molar-refractivity contribution in [2.75, 3.05) is 6.54 Å². The van der Waals surface area contributed by atoms with Crippen molar-refractivity contribution >= 4 is 0 Å². The van der Waals surface area contributed by atoms with Crippen LogP contribution in [0.5, 0.6) is 0 Å². The van der Waals surface area contributed by atoms with Gasteiger partial charge >= 0.3 is 0 Å². The second-order valence-corrected chi connectivity index (χ2v) is 5.37. The fraction of sp³-hybridized carbons (Fsp3) is 0.882. The minimum absolute atomic E-state index is 0.859. The summed E-state index contributed by atoms with van der Waals surface area (Å²) in [5.41, 5.74) is 5.46. The van der Waals surface area contributed by atoms with Crippen molar-refractivity contribution in [1.29, 1.82) is 0 Å². The lowest BCUT2D eigenvalue weighted by Gasteiger charge is -1.98. The third kappa shape index (κ3) is 15.7. The topological polar surface area (TPSA) is 26.0 Å². The summed E-state index contributed by atoms with van der Waals surface area (Å²) in [6, 6.07) is 0. The van der Waals surface area contributed by atoms with E-state index in [2.05, 4.69) is 19.1 Å². The van der Waals surface area contributed by atoms with Gasteiger partial charge in [-0.3, -0.25) is 0 Å². The Morgan fingerprint density at radius 1 is 0.611 bits per heavy atom. The summed E-state index contributed by atoms with van der Waals surface area (Å²) in [4.78, 5) is 0. The first kappa shape index (κ1) is 17.7. The van der Waals surface area contributed by atoms with Crippen molar-refractivity contribution in [1.82, 2.24) is 0 Å². The van der Waals surface area contributed by atoms with Gasteiger partial charge in [-0.25, -0.2) is 0 Å². The molecule has 0 saturated heterocycles. The predicted molar refractivity (Wildman–Crippen MR) is 83.9 cm³/mol. The fourth-order valence-electron chi connectivity index (χ4n) is 2.22. The van der Waals surface area contributed by atoms with Crippen molar-refractivity contribution in [2.24, 2.45) is 5.73 Å². The number of rotatable bonds is 14. The molecule has 0 unspecified atom stereocenters. The van der Waals surface area contributed by atoms with E-state index in [9.17, 15) is 0 Å². The molecule has 1 heteroatoms. The van der Waals surface area contributed by atoms with E-state index >= 15 is 0 Å². The lowest BCUT2D eigenvalue weighted by Crippen LogP contribution is -1.97. The molecule has 0 aromatic carbocycles. The Kier molecular flexibility index (Phi) is 16.4. The summed E-state index contributed by atoms with van der Waals surface area (Å²) in [7, 11) is 0. The smallest absolute Gasteiger partial charge is 0.00773 e. The summed E-state index contributed by atoms with van der Waals surface area (Å²) in [6.45, 7) is 3.14. The Hall–Kier alpha value is -0.300. The molecule has 2 N–H and O–H groups in total. The molecule has 0 fully saturated rings. The SMILES string of the molecule is CCCCCCCC/C=C/CCCCCCCN. The molecule has 18 heavy (non-hydrogen) atoms. The molecular formula is C17H35N. The quantitative estimate of drug-likeness (QED) is 0.317. The molecule has 0 aromatic heterocycles. The van der Waals surface area contributed by atoms with Crippen LogP contribution in [-0.4, -0.2) is 6.54 Å². The van der Waals surface area contributed by atoms with Gasteiger partial charge in [-0.15, -0.1) is 0 Å². The van der Waals surface area contributed by atoms with Crippen LogP contribution in [0.15, 0.2) is 12.2 Å². The molecular weight excluding hydrogens is 218 g/mol. The maximum atomic E-state index is 5.46. The van der Waals surface area contributed by atoms with Gasteiger partial charge in [0, 0.05) is 0 Å². The molecule has 0 bridgehead atoms. The highest BCUT2D eigenvalue weighted by Crippen LogP contribution is 2.08. The molecule has 0 radical (unpaired) electrons. The van der Waals surface area contributed by atoms with Gasteiger partial charge in [0.2, 0.25) is 0 Å². The van der Waals surface area contributed by atoms with E-state index in [-0.39, 0.29) is 0 Å². The first-order valence-corrected chi connectivity index (χ1v) is 8.27. The van der Waals surface area contributed by atoms with E-state index in [0.29, 0.717) is 0 Å². The molecule has 0 aliphatic rings. The maximum absolute atomic E-state index is 5.46. The van der Waals surface area contributed by atoms with Crippen molar-refractivity contribution in [3.05, 3.63) is 12.2 Å². The van der Waals surface area contributed by atoms with Crippen LogP contribution in [0.2, 0.25) is 0 Å². The van der Waals surface area contributed by atoms with Gasteiger partial charge in [0.05, 0.1) is 0 Å². The summed E-state index contributed by atoms with van der Waals surface area (Å²) in [5.74, 6) is 0. The zero-order valence-electron chi connectivity index (χ0n) is 12.6. The van der Waals surface area contributed by atoms with Crippen molar-refractivity contribution in [3.63, 3.8) is 0 Å². The highest BCUT2D eigenvalue weighted by molar-refractivity contribution is 4.81. The molecule has 0 rings (SSSR count). The van der Waals surface area contributed by atoms with Crippen LogP contribution >= 0.6 is 0 Å². The maximum Gasteiger partial charge on any atom is -0.00773 e. The molecule has 0 aliphatic heterocycles. The Morgan fingerprint density at radius 3 is 1.56 bits per heavy atom. The second kappa shape index (κ2) is 16.7. The number of hydrogen-bond acceptors (Lipinski definition) is 1. The van der Waals surface area contributed by atoms with Crippen LogP contribution in [0.4, 0.5) is 0 Å². The van der Waals surface area contributed by atoms with Crippen LogP contribution in [0.1, 0.15) is 90.4 Å². The van der Waals surface area contributed by atoms with Gasteiger partial charge in [0.25, 0.3) is 0 Å². The van der Waals surface area contributed by atoms with Gasteiger partial charge in [-0.05, 0) is 38.6 Å². The molecule has 0 amide bonds. The van der Waals surface area contributed by atoms with Crippen LogP contribution in [0.25, 0.3) is 0 Å². The van der Waals surface area contributed by atoms with Crippen molar-refractivity contribution in [3.8, 4) is 0 Å². The second-order valence-electron chi connectivity index (χ2n) is 5.37. The fourth-order valence-corrected chi connectivity index (χ4v) is 2.22. The molecule has 1 nitrogen and oxygen atoms in total. The van der Waals surface area contributed by atoms with Gasteiger partial charge in [0.15, 0.2) is 0 Å². The van der Waals surface area contributed by atoms with Crippen molar-refractivity contribution < 1.29 is 0 Å². The van der Waals surface area contributed by atoms with Crippen LogP contribution in [0, 0.1) is 0 Å². The van der Waals surface area contributed by atoms with E-state index in [4.69, 9.17) is 5.73 Å². The minimum atomic E-state index is 0.859. The molecule has 108 valence electrons. The Morgan fingerprint density at radius 2 is 1.06 bits per heavy atom. The Bertz CT molecular complexity index is 145. The van der Waals surface area contributed by atoms with Crippen LogP contribution in [-0.2, 0) is 0 Å². The average molecular weight is 253 g/mol. The lowest BCUT2D eigenvalue weighted by atomic mass is 10.1. The first-order chi connectivity index (χ1) is 8.91. The summed E-state index contributed by atoms with van der Waals surface area (Å²) in [6.07, 6.45) is 22.4. The third-order valence-electron chi connectivity index (χ3n) is 3.47. The van der Waals surface area contributed by atoms with E-state index in [1.165, 1.54) is 83.5 Å². The zero-order chi connectivity index (χ0) is 13.3. The van der Waals surface area contributed by atoms with Crippen LogP contribution in [0.3, 0.4) is 0 Å². The third-order valence-corrected chi connectivity index (χ3v) is 3.47. The average Bonchev–Trinajstić information content (AvgIpc) is 2.39. The van der Waals surface area contributed by atoms with Gasteiger partial charge in [0.1, 0.15) is 0 Å². The number of unbranched alkanes of at least 4 members (excludes halogenated alkanes) is 11. The summed E-state index contributed by atoms with van der Waals surface area (Å²) < 4.78 is 0. The monoisotopic (exact) mass is 253 g/mol. The first-order valence-electron chi connectivity index (χ1n) is 8.27. The van der Waals surface area contributed by atoms with E-state index in [1.54, 1.807) is 0 Å². The largest absolute Gasteiger partial charge is 0.330 e. The molecule has 0 heterocycles. The normalized spacial score (nSPS) is 11.4. The minimum Gasteiger partial charge on any atom is -0.330 e. The lowest BCUT2D eigenvalue weighted by molar-refractivity contribution is 0.609. The van der Waals surface area contributed by atoms with Gasteiger partial charge in [-0.1, -0.05) is 70.4 Å². The van der Waals surface area contributed by atoms with Crippen molar-refractivity contribution in [2.45, 2.75) is 90.4 Å². The highest BCUT2D eigenvalue weighted by atomic mass is 14.5. The van der Waals surface area contributed by atoms with E-state index in [1.807, 2.05) is 0 Å². The van der Waals surface area contributed by atoms with Crippen LogP contribution < -0.4 is 5.73 Å². The van der Waals surface area contributed by atoms with Gasteiger partial charge < -0.3 is 5.73 Å². The Balaban J connectivity index is 3.00. The van der Waals surface area contributed by atoms with E-state index in [0.717, 1.165) is 6.54 Å². The number of allylic oxidation sites excluding steroid dienone is 2. The molecule has 0 saturated carbocycles. The standard InChI is InChI=1S/C17H35N/c1-2-3-4-5-6-7-8-9-10-11-12-13-14-15-16-17-18/h9-10H,2-8,11-18H2,1H3/b10-9+. The highest BCUT2D eigenvalue weighted by Gasteiger charge is 1.89. The summed E-state index contributed by atoms with van der Waals surface area (Å²) >= 11 is 0. The predicted octanol–water partition coefficient (Wildman–Crippen LogP) is 5.59. The summed E-state index contributed by atoms with van der Waals surface area (Å²) in [5, 5.41) is 0. The molecule has 0 atom stereocenters. The Labute approximate surface area is 115 Å². The molecule has 0 spiro atoms. The molecule has 0 aromatic rings. The zero-order valence-corrected chi connectivity index (χ0v) is 12.6. The molecule has 0 aliphatic carbocycles. The number of nitrogens with two attached hydrogens (primary N) is 1. The van der Waals surface area contributed by atoms with Gasteiger partial charge in [-0.2, -0.15) is 0 Å². The number of hydrogen-bond donors (Lipinski definition) is 1. The van der Waals surface area contributed by atoms with E-state index < -0.39 is 0 Å².